The average molecular weight is 372 g/mol. The maximum atomic E-state index is 11.7. The number of nitrogens with two attached hydrogens (primary N) is 1. The third-order valence-electron chi connectivity index (χ3n) is 5.22. The number of aromatic nitrogens is 4. The first kappa shape index (κ1) is 19.4. The molecule has 1 atom stereocenters. The first-order chi connectivity index (χ1) is 13.2. The lowest BCUT2D eigenvalue weighted by molar-refractivity contribution is -0.141. The number of rotatable bonds is 8. The first-order valence-electron chi connectivity index (χ1n) is 9.55. The Balaban J connectivity index is 1.79. The van der Waals surface area contributed by atoms with Crippen molar-refractivity contribution in [2.75, 3.05) is 7.11 Å². The van der Waals surface area contributed by atoms with Gasteiger partial charge in [-0.3, -0.25) is 4.79 Å². The van der Waals surface area contributed by atoms with Crippen LogP contribution in [0.25, 0.3) is 0 Å². The summed E-state index contributed by atoms with van der Waals surface area (Å²) in [6.07, 6.45) is 5.96. The lowest BCUT2D eigenvalue weighted by Crippen LogP contribution is -2.33. The molecule has 3 rings (SSSR count). The Kier molecular flexibility index (Phi) is 6.89. The predicted molar refractivity (Wildman–Crippen MR) is 100 cm³/mol. The number of methoxy groups -OCH3 is 1. The molecule has 8 nitrogen and oxygen atoms in total. The molecule has 0 radical (unpaired) electrons. The molecule has 0 aliphatic heterocycles. The Morgan fingerprint density at radius 2 is 2.11 bits per heavy atom. The van der Waals surface area contributed by atoms with Crippen LogP contribution >= 0.6 is 0 Å². The molecule has 8 heteroatoms. The fraction of sp³-hybridized carbons (Fsp3) is 0.579. The quantitative estimate of drug-likeness (QED) is 0.679. The zero-order valence-electron chi connectivity index (χ0n) is 15.8. The number of carbonyl (C=O) groups is 1. The first-order valence-corrected chi connectivity index (χ1v) is 9.55. The SMILES string of the molecule is COC(=O)Cn1nnnc1C(NCc1cccc(CN)c1)C1CCCCC1. The van der Waals surface area contributed by atoms with Gasteiger partial charge >= 0.3 is 5.97 Å². The molecule has 1 aliphatic carbocycles. The Morgan fingerprint density at radius 3 is 2.85 bits per heavy atom. The summed E-state index contributed by atoms with van der Waals surface area (Å²) in [5, 5.41) is 15.7. The van der Waals surface area contributed by atoms with Gasteiger partial charge in [0.05, 0.1) is 13.2 Å². The van der Waals surface area contributed by atoms with Crippen molar-refractivity contribution in [1.82, 2.24) is 25.5 Å². The second-order valence-electron chi connectivity index (χ2n) is 7.05. The summed E-state index contributed by atoms with van der Waals surface area (Å²) in [4.78, 5) is 11.7. The molecule has 0 saturated heterocycles. The minimum atomic E-state index is -0.360. The molecular weight excluding hydrogens is 344 g/mol. The van der Waals surface area contributed by atoms with Crippen LogP contribution in [0.2, 0.25) is 0 Å². The molecular formula is C19H28N6O2. The zero-order chi connectivity index (χ0) is 19.1. The molecule has 1 aliphatic rings. The fourth-order valence-electron chi connectivity index (χ4n) is 3.76. The summed E-state index contributed by atoms with van der Waals surface area (Å²) < 4.78 is 6.32. The summed E-state index contributed by atoms with van der Waals surface area (Å²) >= 11 is 0. The van der Waals surface area contributed by atoms with Crippen molar-refractivity contribution in [3.05, 3.63) is 41.2 Å². The van der Waals surface area contributed by atoms with E-state index in [4.69, 9.17) is 10.5 Å². The highest BCUT2D eigenvalue weighted by Crippen LogP contribution is 2.33. The van der Waals surface area contributed by atoms with Crippen LogP contribution < -0.4 is 11.1 Å². The van der Waals surface area contributed by atoms with Crippen LogP contribution in [-0.4, -0.2) is 33.3 Å². The molecule has 0 bridgehead atoms. The number of nitrogens with zero attached hydrogens (tertiary/aromatic N) is 4. The molecule has 1 saturated carbocycles. The Labute approximate surface area is 159 Å². The van der Waals surface area contributed by atoms with Gasteiger partial charge in [0, 0.05) is 13.1 Å². The predicted octanol–water partition coefficient (Wildman–Crippen LogP) is 1.72. The Bertz CT molecular complexity index is 741. The summed E-state index contributed by atoms with van der Waals surface area (Å²) in [6.45, 7) is 1.24. The van der Waals surface area contributed by atoms with E-state index in [0.717, 1.165) is 18.4 Å². The number of carbonyl (C=O) groups excluding carboxylic acids is 1. The molecule has 27 heavy (non-hydrogen) atoms. The normalized spacial score (nSPS) is 16.2. The lowest BCUT2D eigenvalue weighted by atomic mass is 9.83. The van der Waals surface area contributed by atoms with Gasteiger partial charge in [-0.15, -0.1) is 5.10 Å². The zero-order valence-corrected chi connectivity index (χ0v) is 15.8. The number of tetrazole rings is 1. The van der Waals surface area contributed by atoms with Crippen molar-refractivity contribution in [3.8, 4) is 0 Å². The monoisotopic (exact) mass is 372 g/mol. The van der Waals surface area contributed by atoms with Crippen molar-refractivity contribution in [2.24, 2.45) is 11.7 Å². The molecule has 1 heterocycles. The van der Waals surface area contributed by atoms with Crippen LogP contribution in [0, 0.1) is 5.92 Å². The third kappa shape index (κ3) is 5.11. The highest BCUT2D eigenvalue weighted by molar-refractivity contribution is 5.68. The summed E-state index contributed by atoms with van der Waals surface area (Å²) in [5.74, 6) is 0.780. The van der Waals surface area contributed by atoms with Crippen LogP contribution in [0.3, 0.4) is 0 Å². The number of ether oxygens (including phenoxy) is 1. The van der Waals surface area contributed by atoms with Crippen molar-refractivity contribution in [2.45, 2.75) is 57.8 Å². The van der Waals surface area contributed by atoms with Crippen molar-refractivity contribution in [3.63, 3.8) is 0 Å². The standard InChI is InChI=1S/C19H28N6O2/c1-27-17(26)13-25-19(22-23-24-25)18(16-8-3-2-4-9-16)21-12-15-7-5-6-14(10-15)11-20/h5-7,10,16,18,21H,2-4,8-9,11-13,20H2,1H3. The number of benzene rings is 1. The number of nitrogens with one attached hydrogen (secondary N) is 1. The second-order valence-corrected chi connectivity index (χ2v) is 7.05. The van der Waals surface area contributed by atoms with Crippen molar-refractivity contribution in [1.29, 1.82) is 0 Å². The lowest BCUT2D eigenvalue weighted by Gasteiger charge is -2.30. The highest BCUT2D eigenvalue weighted by atomic mass is 16.5. The molecule has 2 aromatic rings. The molecule has 146 valence electrons. The van der Waals surface area contributed by atoms with Crippen LogP contribution in [0.4, 0.5) is 0 Å². The molecule has 1 fully saturated rings. The van der Waals surface area contributed by atoms with E-state index in [1.54, 1.807) is 4.68 Å². The topological polar surface area (TPSA) is 108 Å². The summed E-state index contributed by atoms with van der Waals surface area (Å²) in [7, 11) is 1.37. The van der Waals surface area contributed by atoms with Crippen LogP contribution in [0.5, 0.6) is 0 Å². The van der Waals surface area contributed by atoms with E-state index < -0.39 is 0 Å². The van der Waals surface area contributed by atoms with Crippen LogP contribution in [-0.2, 0) is 29.2 Å². The van der Waals surface area contributed by atoms with Gasteiger partial charge in [0.1, 0.15) is 6.54 Å². The van der Waals surface area contributed by atoms with Gasteiger partial charge in [-0.2, -0.15) is 0 Å². The molecule has 1 unspecified atom stereocenters. The van der Waals surface area contributed by atoms with Gasteiger partial charge in [-0.05, 0) is 40.3 Å². The van der Waals surface area contributed by atoms with Gasteiger partial charge in [0.25, 0.3) is 0 Å². The minimum Gasteiger partial charge on any atom is -0.468 e. The second kappa shape index (κ2) is 9.57. The summed E-state index contributed by atoms with van der Waals surface area (Å²) in [5.41, 5.74) is 8.04. The smallest absolute Gasteiger partial charge is 0.327 e. The Morgan fingerprint density at radius 1 is 1.33 bits per heavy atom. The van der Waals surface area contributed by atoms with E-state index in [0.29, 0.717) is 24.8 Å². The van der Waals surface area contributed by atoms with Gasteiger partial charge in [-0.25, -0.2) is 4.68 Å². The van der Waals surface area contributed by atoms with Crippen LogP contribution in [0.15, 0.2) is 24.3 Å². The van der Waals surface area contributed by atoms with E-state index in [2.05, 4.69) is 33.0 Å². The Hall–Kier alpha value is -2.32. The van der Waals surface area contributed by atoms with Crippen molar-refractivity contribution >= 4 is 5.97 Å². The number of hydrogen-bond donors (Lipinski definition) is 2. The third-order valence-corrected chi connectivity index (χ3v) is 5.22. The van der Waals surface area contributed by atoms with Gasteiger partial charge in [0.15, 0.2) is 5.82 Å². The van der Waals surface area contributed by atoms with E-state index in [1.165, 1.54) is 31.9 Å². The molecule has 0 amide bonds. The maximum absolute atomic E-state index is 11.7. The maximum Gasteiger partial charge on any atom is 0.327 e. The molecule has 1 aromatic carbocycles. The fourth-order valence-corrected chi connectivity index (χ4v) is 3.76. The molecule has 0 spiro atoms. The van der Waals surface area contributed by atoms with Crippen LogP contribution in [0.1, 0.15) is 55.1 Å². The van der Waals surface area contributed by atoms with Gasteiger partial charge < -0.3 is 15.8 Å². The summed E-state index contributed by atoms with van der Waals surface area (Å²) in [6, 6.07) is 8.24. The number of hydrogen-bond acceptors (Lipinski definition) is 7. The molecule has 1 aromatic heterocycles. The van der Waals surface area contributed by atoms with E-state index in [9.17, 15) is 4.79 Å². The van der Waals surface area contributed by atoms with E-state index >= 15 is 0 Å². The van der Waals surface area contributed by atoms with Gasteiger partial charge in [0.2, 0.25) is 0 Å². The van der Waals surface area contributed by atoms with E-state index in [1.807, 2.05) is 12.1 Å². The minimum absolute atomic E-state index is 0.00788. The average Bonchev–Trinajstić information content (AvgIpc) is 3.17. The number of esters is 1. The van der Waals surface area contributed by atoms with Crippen molar-refractivity contribution < 1.29 is 9.53 Å². The highest BCUT2D eigenvalue weighted by Gasteiger charge is 2.29. The largest absolute Gasteiger partial charge is 0.468 e. The van der Waals surface area contributed by atoms with Gasteiger partial charge in [-0.1, -0.05) is 43.5 Å². The molecule has 3 N–H and O–H groups in total. The van der Waals surface area contributed by atoms with E-state index in [-0.39, 0.29) is 18.6 Å².